The van der Waals surface area contributed by atoms with Crippen LogP contribution in [0.15, 0.2) is 0 Å². The van der Waals surface area contributed by atoms with Crippen molar-refractivity contribution >= 4 is 21.7 Å². The Bertz CT molecular complexity index is 79.1. The van der Waals surface area contributed by atoms with Crippen molar-refractivity contribution < 1.29 is 17.7 Å². The molecule has 0 fully saturated rings. The third-order valence-corrected chi connectivity index (χ3v) is 3.36. The standard InChI is InChI=1S/C4H12O4SSi/c1-5-10(6-2,7-3)8-4-9/h9H,4H2,1-3H3. The van der Waals surface area contributed by atoms with E-state index in [1.807, 2.05) is 0 Å². The van der Waals surface area contributed by atoms with Crippen molar-refractivity contribution in [1.82, 2.24) is 0 Å². The summed E-state index contributed by atoms with van der Waals surface area (Å²) in [6, 6.07) is 0. The van der Waals surface area contributed by atoms with Gasteiger partial charge in [-0.05, 0) is 0 Å². The third kappa shape index (κ3) is 2.57. The maximum Gasteiger partial charge on any atom is 0.679 e. The molecule has 0 aromatic rings. The second-order valence-electron chi connectivity index (χ2n) is 1.39. The van der Waals surface area contributed by atoms with E-state index < -0.39 is 9.05 Å². The molecule has 0 heterocycles. The monoisotopic (exact) mass is 184 g/mol. The summed E-state index contributed by atoms with van der Waals surface area (Å²) in [5.41, 5.74) is 0. The van der Waals surface area contributed by atoms with Crippen LogP contribution in [-0.2, 0) is 17.7 Å². The van der Waals surface area contributed by atoms with Gasteiger partial charge >= 0.3 is 9.05 Å². The van der Waals surface area contributed by atoms with Crippen LogP contribution in [0.1, 0.15) is 0 Å². The van der Waals surface area contributed by atoms with Crippen LogP contribution >= 0.6 is 12.6 Å². The van der Waals surface area contributed by atoms with Crippen LogP contribution < -0.4 is 0 Å². The molecule has 0 N–H and O–H groups in total. The fourth-order valence-corrected chi connectivity index (χ4v) is 1.99. The van der Waals surface area contributed by atoms with Gasteiger partial charge in [-0.15, -0.1) is 0 Å². The van der Waals surface area contributed by atoms with E-state index in [9.17, 15) is 0 Å². The molecule has 6 heteroatoms. The van der Waals surface area contributed by atoms with Gasteiger partial charge in [-0.25, -0.2) is 0 Å². The molecular formula is C4H12O4SSi. The third-order valence-electron chi connectivity index (χ3n) is 0.991. The first kappa shape index (κ1) is 10.4. The number of hydrogen-bond donors (Lipinski definition) is 1. The minimum atomic E-state index is -2.79. The summed E-state index contributed by atoms with van der Waals surface area (Å²) in [4.78, 5) is 0. The largest absolute Gasteiger partial charge is 0.679 e. The molecule has 0 aromatic carbocycles. The Morgan fingerprint density at radius 2 is 1.50 bits per heavy atom. The molecule has 0 saturated heterocycles. The lowest BCUT2D eigenvalue weighted by atomic mass is 11.7. The quantitative estimate of drug-likeness (QED) is 0.378. The average molecular weight is 184 g/mol. The summed E-state index contributed by atoms with van der Waals surface area (Å²) in [5, 5.41) is 0. The molecule has 0 aromatic heterocycles. The molecule has 62 valence electrons. The Morgan fingerprint density at radius 3 is 1.60 bits per heavy atom. The second kappa shape index (κ2) is 5.11. The van der Waals surface area contributed by atoms with Crippen molar-refractivity contribution in [3.63, 3.8) is 0 Å². The van der Waals surface area contributed by atoms with Crippen LogP contribution in [0.25, 0.3) is 0 Å². The highest BCUT2D eigenvalue weighted by atomic mass is 32.1. The first-order valence-corrected chi connectivity index (χ1v) is 4.91. The van der Waals surface area contributed by atoms with E-state index in [0.717, 1.165) is 0 Å². The molecule has 0 spiro atoms. The second-order valence-corrected chi connectivity index (χ2v) is 4.16. The number of hydrogen-bond acceptors (Lipinski definition) is 5. The van der Waals surface area contributed by atoms with Gasteiger partial charge in [0.05, 0.1) is 5.94 Å². The highest BCUT2D eigenvalue weighted by Gasteiger charge is 2.41. The van der Waals surface area contributed by atoms with Gasteiger partial charge < -0.3 is 17.7 Å². The van der Waals surface area contributed by atoms with E-state index in [0.29, 0.717) is 0 Å². The Labute approximate surface area is 67.3 Å². The zero-order valence-electron chi connectivity index (χ0n) is 6.29. The van der Waals surface area contributed by atoms with Crippen molar-refractivity contribution in [2.75, 3.05) is 27.3 Å². The van der Waals surface area contributed by atoms with Crippen LogP contribution in [0.3, 0.4) is 0 Å². The Hall–Kier alpha value is 0.407. The molecule has 10 heavy (non-hydrogen) atoms. The molecule has 0 atom stereocenters. The highest BCUT2D eigenvalue weighted by Crippen LogP contribution is 2.07. The highest BCUT2D eigenvalue weighted by molar-refractivity contribution is 7.80. The van der Waals surface area contributed by atoms with Crippen molar-refractivity contribution in [3.05, 3.63) is 0 Å². The molecular weight excluding hydrogens is 172 g/mol. The molecule has 0 saturated carbocycles. The Morgan fingerprint density at radius 1 is 1.10 bits per heavy atom. The van der Waals surface area contributed by atoms with Gasteiger partial charge in [0.2, 0.25) is 0 Å². The van der Waals surface area contributed by atoms with Crippen LogP contribution in [0.5, 0.6) is 0 Å². The summed E-state index contributed by atoms with van der Waals surface area (Å²) in [7, 11) is 1.63. The van der Waals surface area contributed by atoms with Crippen molar-refractivity contribution in [1.29, 1.82) is 0 Å². The Balaban J connectivity index is 3.87. The van der Waals surface area contributed by atoms with Gasteiger partial charge in [0.25, 0.3) is 0 Å². The van der Waals surface area contributed by atoms with Gasteiger partial charge in [-0.2, -0.15) is 12.6 Å². The first-order valence-electron chi connectivity index (χ1n) is 2.65. The zero-order valence-corrected chi connectivity index (χ0v) is 8.18. The molecule has 4 nitrogen and oxygen atoms in total. The molecule has 0 aliphatic carbocycles. The van der Waals surface area contributed by atoms with E-state index in [2.05, 4.69) is 12.6 Å². The smallest absolute Gasteiger partial charge is 0.355 e. The van der Waals surface area contributed by atoms with Gasteiger partial charge in [0, 0.05) is 21.3 Å². The lowest BCUT2D eigenvalue weighted by molar-refractivity contribution is 0.0188. The minimum Gasteiger partial charge on any atom is -0.355 e. The van der Waals surface area contributed by atoms with Crippen LogP contribution in [0.4, 0.5) is 0 Å². The van der Waals surface area contributed by atoms with Gasteiger partial charge in [0.1, 0.15) is 0 Å². The minimum absolute atomic E-state index is 0.224. The van der Waals surface area contributed by atoms with Gasteiger partial charge in [-0.1, -0.05) is 0 Å². The SMILES string of the molecule is CO[Si](OC)(OC)OCS. The molecule has 0 aliphatic heterocycles. The topological polar surface area (TPSA) is 36.9 Å². The summed E-state index contributed by atoms with van der Waals surface area (Å²) in [6.07, 6.45) is 0. The van der Waals surface area contributed by atoms with E-state index in [1.165, 1.54) is 21.3 Å². The summed E-state index contributed by atoms with van der Waals surface area (Å²) < 4.78 is 19.7. The maximum absolute atomic E-state index is 5.01. The molecule has 0 rings (SSSR count). The Kier molecular flexibility index (Phi) is 5.32. The number of rotatable bonds is 5. The summed E-state index contributed by atoms with van der Waals surface area (Å²) >= 11 is 3.85. The lowest BCUT2D eigenvalue weighted by Crippen LogP contribution is -2.46. The fraction of sp³-hybridized carbons (Fsp3) is 1.00. The van der Waals surface area contributed by atoms with Crippen molar-refractivity contribution in [2.24, 2.45) is 0 Å². The van der Waals surface area contributed by atoms with Crippen molar-refractivity contribution in [2.45, 2.75) is 0 Å². The lowest BCUT2D eigenvalue weighted by Gasteiger charge is -2.21. The van der Waals surface area contributed by atoms with Crippen molar-refractivity contribution in [3.8, 4) is 0 Å². The van der Waals surface area contributed by atoms with E-state index in [1.54, 1.807) is 0 Å². The van der Waals surface area contributed by atoms with Crippen LogP contribution in [-0.4, -0.2) is 36.3 Å². The fourth-order valence-electron chi connectivity index (χ4n) is 0.506. The summed E-state index contributed by atoms with van der Waals surface area (Å²) in [5.74, 6) is 0.224. The van der Waals surface area contributed by atoms with E-state index >= 15 is 0 Å². The first-order chi connectivity index (χ1) is 4.74. The van der Waals surface area contributed by atoms with E-state index in [-0.39, 0.29) is 5.94 Å². The molecule has 0 radical (unpaired) electrons. The predicted molar refractivity (Wildman–Crippen MR) is 41.7 cm³/mol. The normalized spacial score (nSPS) is 12.0. The average Bonchev–Trinajstić information content (AvgIpc) is 2.01. The van der Waals surface area contributed by atoms with E-state index in [4.69, 9.17) is 17.7 Å². The van der Waals surface area contributed by atoms with Crippen LogP contribution in [0.2, 0.25) is 0 Å². The molecule has 0 aliphatic rings. The zero-order chi connectivity index (χ0) is 8.04. The van der Waals surface area contributed by atoms with Gasteiger partial charge in [-0.3, -0.25) is 0 Å². The molecule has 0 unspecified atom stereocenters. The van der Waals surface area contributed by atoms with Crippen LogP contribution in [0, 0.1) is 0 Å². The molecule has 0 amide bonds. The predicted octanol–water partition coefficient (Wildman–Crippen LogP) is 0.265. The summed E-state index contributed by atoms with van der Waals surface area (Å²) in [6.45, 7) is 0. The number of thiol groups is 1. The van der Waals surface area contributed by atoms with Gasteiger partial charge in [0.15, 0.2) is 0 Å². The molecule has 0 bridgehead atoms. The maximum atomic E-state index is 5.01.